The molecule has 0 spiro atoms. The largest absolute Gasteiger partial charge is 0.186 e. The van der Waals surface area contributed by atoms with E-state index in [1.165, 1.54) is 0 Å². The molecule has 0 aromatic carbocycles. The Bertz CT molecular complexity index is 93.4. The lowest BCUT2D eigenvalue weighted by molar-refractivity contribution is 0.553. The van der Waals surface area contributed by atoms with Gasteiger partial charge >= 0.3 is 0 Å². The Morgan fingerprint density at radius 3 is 1.00 bits per heavy atom. The maximum atomic E-state index is 9.75. The third kappa shape index (κ3) is 2.93. The Hall–Kier alpha value is 0.310. The summed E-state index contributed by atoms with van der Waals surface area (Å²) in [5.74, 6) is 0. The molecule has 0 saturated heterocycles. The zero-order chi connectivity index (χ0) is 8.58. The summed E-state index contributed by atoms with van der Waals surface area (Å²) >= 11 is -0.505. The van der Waals surface area contributed by atoms with Gasteiger partial charge in [0.15, 0.2) is 20.7 Å². The summed E-state index contributed by atoms with van der Waals surface area (Å²) in [6.45, 7) is 12.4. The van der Waals surface area contributed by atoms with Gasteiger partial charge in [-0.15, -0.1) is 0 Å². The first-order chi connectivity index (χ1) is 4.15. The highest BCUT2D eigenvalue weighted by atomic mass is 32.2. The molecule has 0 heterocycles. The second-order valence-corrected chi connectivity index (χ2v) is 7.53. The minimum atomic E-state index is -0.505. The third-order valence-electron chi connectivity index (χ3n) is 1.16. The highest BCUT2D eigenvalue weighted by molar-refractivity contribution is 7.94. The van der Waals surface area contributed by atoms with Crippen LogP contribution in [0.25, 0.3) is 0 Å². The van der Waals surface area contributed by atoms with Gasteiger partial charge in [0.2, 0.25) is 0 Å². The second kappa shape index (κ2) is 2.74. The summed E-state index contributed by atoms with van der Waals surface area (Å²) in [5, 5.41) is 0. The highest BCUT2D eigenvalue weighted by Gasteiger charge is 2.44. The van der Waals surface area contributed by atoms with Crippen molar-refractivity contribution in [1.82, 2.24) is 0 Å². The Morgan fingerprint density at radius 1 is 0.800 bits per heavy atom. The summed E-state index contributed by atoms with van der Waals surface area (Å²) < 4.78 is 9.80. The van der Waals surface area contributed by atoms with Gasteiger partial charge in [-0.05, 0) is 41.5 Å². The molecule has 2 heteroatoms. The van der Waals surface area contributed by atoms with Gasteiger partial charge in [-0.3, -0.25) is 0 Å². The monoisotopic (exact) mass is 163 g/mol. The molecule has 0 aliphatic carbocycles. The summed E-state index contributed by atoms with van der Waals surface area (Å²) in [4.78, 5) is 0. The first-order valence-corrected chi connectivity index (χ1v) is 4.77. The van der Waals surface area contributed by atoms with E-state index in [0.717, 1.165) is 0 Å². The fraction of sp³-hybridized carbons (Fsp3) is 1.00. The van der Waals surface area contributed by atoms with Crippen molar-refractivity contribution in [3.05, 3.63) is 0 Å². The van der Waals surface area contributed by atoms with E-state index in [-0.39, 0.29) is 9.49 Å². The van der Waals surface area contributed by atoms with Crippen LogP contribution in [-0.4, -0.2) is 14.0 Å². The van der Waals surface area contributed by atoms with E-state index in [4.69, 9.17) is 0 Å². The van der Waals surface area contributed by atoms with E-state index in [1.807, 2.05) is 0 Å². The van der Waals surface area contributed by atoms with Crippen molar-refractivity contribution in [2.75, 3.05) is 0 Å². The van der Waals surface area contributed by atoms with E-state index in [0.29, 0.717) is 0 Å². The van der Waals surface area contributed by atoms with Crippen LogP contribution in [0.15, 0.2) is 0 Å². The molecule has 1 nitrogen and oxygen atoms in total. The van der Waals surface area contributed by atoms with Crippen molar-refractivity contribution in [2.45, 2.75) is 51.0 Å². The Kier molecular flexibility index (Phi) is 2.83. The molecule has 0 fully saturated rings. The smallest absolute Gasteiger partial charge is 0.154 e. The van der Waals surface area contributed by atoms with Crippen molar-refractivity contribution in [3.63, 3.8) is 0 Å². The van der Waals surface area contributed by atoms with E-state index >= 15 is 0 Å². The normalized spacial score (nSPS) is 14.4. The molecular formula is C8H19OS+. The van der Waals surface area contributed by atoms with Crippen LogP contribution in [-0.2, 0) is 11.2 Å². The molecule has 0 radical (unpaired) electrons. The molecule has 0 amide bonds. The Morgan fingerprint density at radius 2 is 1.00 bits per heavy atom. The van der Waals surface area contributed by atoms with Gasteiger partial charge in [0.25, 0.3) is 0 Å². The molecule has 62 valence electrons. The molecule has 10 heavy (non-hydrogen) atoms. The highest BCUT2D eigenvalue weighted by Crippen LogP contribution is 2.27. The molecule has 1 N–H and O–H groups in total. The number of rotatable bonds is 0. The van der Waals surface area contributed by atoms with Crippen molar-refractivity contribution < 1.29 is 4.55 Å². The van der Waals surface area contributed by atoms with Gasteiger partial charge < -0.3 is 0 Å². The average molecular weight is 163 g/mol. The number of hydrogen-bond donors (Lipinski definition) is 1. The Balaban J connectivity index is 4.23. The first kappa shape index (κ1) is 10.3. The minimum absolute atomic E-state index is 0.0260. The summed E-state index contributed by atoms with van der Waals surface area (Å²) in [5.41, 5.74) is 0. The first-order valence-electron chi connectivity index (χ1n) is 3.59. The van der Waals surface area contributed by atoms with Crippen LogP contribution < -0.4 is 0 Å². The molecule has 0 bridgehead atoms. The number of hydrogen-bond acceptors (Lipinski definition) is 1. The predicted molar refractivity (Wildman–Crippen MR) is 49.5 cm³/mol. The van der Waals surface area contributed by atoms with Gasteiger partial charge in [-0.1, -0.05) is 0 Å². The average Bonchev–Trinajstić information content (AvgIpc) is 1.59. The van der Waals surface area contributed by atoms with Crippen LogP contribution >= 0.6 is 0 Å². The fourth-order valence-corrected chi connectivity index (χ4v) is 2.76. The van der Waals surface area contributed by atoms with Crippen molar-refractivity contribution in [1.29, 1.82) is 0 Å². The molecule has 0 rings (SSSR count). The molecule has 0 aliphatic rings. The van der Waals surface area contributed by atoms with Gasteiger partial charge in [0.05, 0.1) is 0 Å². The van der Waals surface area contributed by atoms with Crippen LogP contribution in [0.2, 0.25) is 0 Å². The molecule has 0 aromatic rings. The molecule has 0 unspecified atom stereocenters. The zero-order valence-electron chi connectivity index (χ0n) is 7.86. The van der Waals surface area contributed by atoms with E-state index < -0.39 is 11.2 Å². The van der Waals surface area contributed by atoms with E-state index in [9.17, 15) is 4.55 Å². The topological polar surface area (TPSA) is 20.2 Å². The van der Waals surface area contributed by atoms with Gasteiger partial charge in [-0.25, -0.2) is 0 Å². The minimum Gasteiger partial charge on any atom is -0.186 e. The van der Waals surface area contributed by atoms with Crippen LogP contribution in [0.5, 0.6) is 0 Å². The van der Waals surface area contributed by atoms with Crippen molar-refractivity contribution >= 4 is 11.2 Å². The van der Waals surface area contributed by atoms with Crippen molar-refractivity contribution in [2.24, 2.45) is 0 Å². The van der Waals surface area contributed by atoms with E-state index in [2.05, 4.69) is 41.5 Å². The van der Waals surface area contributed by atoms with Crippen LogP contribution in [0.3, 0.4) is 0 Å². The van der Waals surface area contributed by atoms with Gasteiger partial charge in [0, 0.05) is 0 Å². The third-order valence-corrected chi connectivity index (χ3v) is 3.48. The SMILES string of the molecule is CC(C)(C)[S+](O)C(C)(C)C. The molecular weight excluding hydrogens is 144 g/mol. The zero-order valence-corrected chi connectivity index (χ0v) is 8.67. The van der Waals surface area contributed by atoms with E-state index in [1.54, 1.807) is 0 Å². The standard InChI is InChI=1S/C8H19OS/c1-7(2,3)10(9)8(4,5)6/h9H,1-6H3/q+1. The summed E-state index contributed by atoms with van der Waals surface area (Å²) in [6.07, 6.45) is 0. The maximum Gasteiger partial charge on any atom is 0.154 e. The lowest BCUT2D eigenvalue weighted by atomic mass is 10.2. The lowest BCUT2D eigenvalue weighted by Gasteiger charge is -2.24. The summed E-state index contributed by atoms with van der Waals surface area (Å²) in [6, 6.07) is 0. The quantitative estimate of drug-likeness (QED) is 0.544. The maximum absolute atomic E-state index is 9.75. The summed E-state index contributed by atoms with van der Waals surface area (Å²) in [7, 11) is 0. The van der Waals surface area contributed by atoms with Crippen LogP contribution in [0.4, 0.5) is 0 Å². The fourth-order valence-electron chi connectivity index (χ4n) is 0.919. The second-order valence-electron chi connectivity index (χ2n) is 4.51. The molecule has 0 saturated carbocycles. The Labute approximate surface area is 67.4 Å². The van der Waals surface area contributed by atoms with Gasteiger partial charge in [0.1, 0.15) is 0 Å². The predicted octanol–water partition coefficient (Wildman–Crippen LogP) is 2.67. The van der Waals surface area contributed by atoms with Crippen LogP contribution in [0, 0.1) is 0 Å². The lowest BCUT2D eigenvalue weighted by Crippen LogP contribution is -2.41. The van der Waals surface area contributed by atoms with Crippen LogP contribution in [0.1, 0.15) is 41.5 Å². The van der Waals surface area contributed by atoms with Crippen molar-refractivity contribution in [3.8, 4) is 0 Å². The molecule has 0 aromatic heterocycles. The molecule has 0 aliphatic heterocycles. The van der Waals surface area contributed by atoms with Gasteiger partial charge in [-0.2, -0.15) is 4.55 Å². The molecule has 0 atom stereocenters.